The number of hydrogen-bond donors (Lipinski definition) is 1. The van der Waals surface area contributed by atoms with E-state index in [0.29, 0.717) is 39.6 Å². The van der Waals surface area contributed by atoms with E-state index in [-0.39, 0.29) is 42.2 Å². The summed E-state index contributed by atoms with van der Waals surface area (Å²) in [7, 11) is 2.08. The Kier molecular flexibility index (Phi) is 13.8. The van der Waals surface area contributed by atoms with Crippen LogP contribution in [0.3, 0.4) is 0 Å². The molecule has 1 atom stereocenters. The van der Waals surface area contributed by atoms with Crippen molar-refractivity contribution in [2.75, 3.05) is 21.3 Å². The number of nitrogens with zero attached hydrogens (tertiary/aromatic N) is 1. The highest BCUT2D eigenvalue weighted by Crippen LogP contribution is 2.43. The third-order valence-electron chi connectivity index (χ3n) is 9.82. The minimum atomic E-state index is -2.36. The number of esters is 1. The van der Waals surface area contributed by atoms with Gasteiger partial charge in [-0.05, 0) is 85.1 Å². The highest BCUT2D eigenvalue weighted by atomic mass is 28.4. The second kappa shape index (κ2) is 17.9. The maximum Gasteiger partial charge on any atom is 0.308 e. The van der Waals surface area contributed by atoms with Gasteiger partial charge in [0.25, 0.3) is 5.91 Å². The molecule has 4 rings (SSSR count). The van der Waals surface area contributed by atoms with Gasteiger partial charge in [-0.3, -0.25) is 14.4 Å². The van der Waals surface area contributed by atoms with Gasteiger partial charge in [0.2, 0.25) is 0 Å². The molecule has 54 heavy (non-hydrogen) atoms. The Hall–Kier alpha value is -5.00. The number of halogens is 1. The number of ether oxygens (including phenoxy) is 3. The average Bonchev–Trinajstić information content (AvgIpc) is 3.48. The van der Waals surface area contributed by atoms with Crippen molar-refractivity contribution in [3.63, 3.8) is 0 Å². The van der Waals surface area contributed by atoms with Gasteiger partial charge < -0.3 is 28.5 Å². The Bertz CT molecular complexity index is 1960. The van der Waals surface area contributed by atoms with Crippen molar-refractivity contribution < 1.29 is 37.4 Å². The van der Waals surface area contributed by atoms with Crippen LogP contribution in [0, 0.1) is 5.82 Å². The zero-order valence-corrected chi connectivity index (χ0v) is 34.0. The Morgan fingerprint density at radius 3 is 2.06 bits per heavy atom. The third kappa shape index (κ3) is 9.94. The van der Waals surface area contributed by atoms with Crippen LogP contribution in [0.5, 0.6) is 11.5 Å². The van der Waals surface area contributed by atoms with Crippen molar-refractivity contribution in [1.82, 2.24) is 9.88 Å². The largest absolute Gasteiger partial charge is 0.493 e. The van der Waals surface area contributed by atoms with Crippen molar-refractivity contribution in [3.8, 4) is 33.8 Å². The predicted molar refractivity (Wildman–Crippen MR) is 214 cm³/mol. The quantitative estimate of drug-likeness (QED) is 0.0690. The minimum absolute atomic E-state index is 0.0451. The summed E-state index contributed by atoms with van der Waals surface area (Å²) in [6.45, 7) is 14.6. The van der Waals surface area contributed by atoms with Crippen LogP contribution in [-0.4, -0.2) is 58.0 Å². The molecule has 0 unspecified atom stereocenters. The first-order valence-corrected chi connectivity index (χ1v) is 21.0. The average molecular weight is 757 g/mol. The summed E-state index contributed by atoms with van der Waals surface area (Å²) in [5.41, 5.74) is 4.52. The van der Waals surface area contributed by atoms with E-state index in [1.54, 1.807) is 38.5 Å². The molecule has 3 aromatic carbocycles. The summed E-state index contributed by atoms with van der Waals surface area (Å²) >= 11 is 0. The molecule has 1 aromatic heterocycles. The maximum absolute atomic E-state index is 14.5. The highest BCUT2D eigenvalue weighted by Gasteiger charge is 2.40. The van der Waals surface area contributed by atoms with Crippen molar-refractivity contribution in [2.24, 2.45) is 0 Å². The lowest BCUT2D eigenvalue weighted by Crippen LogP contribution is -2.44. The monoisotopic (exact) mass is 756 g/mol. The van der Waals surface area contributed by atoms with Gasteiger partial charge in [-0.1, -0.05) is 69.3 Å². The molecule has 0 saturated heterocycles. The van der Waals surface area contributed by atoms with E-state index < -0.39 is 26.2 Å². The van der Waals surface area contributed by atoms with Crippen LogP contribution in [0.2, 0.25) is 18.1 Å². The maximum atomic E-state index is 14.5. The smallest absolute Gasteiger partial charge is 0.308 e. The van der Waals surface area contributed by atoms with Gasteiger partial charge in [0.15, 0.2) is 25.6 Å². The minimum Gasteiger partial charge on any atom is -0.493 e. The predicted octanol–water partition coefficient (Wildman–Crippen LogP) is 9.42. The van der Waals surface area contributed by atoms with Crippen LogP contribution in [0.4, 0.5) is 4.39 Å². The summed E-state index contributed by atoms with van der Waals surface area (Å²) in [5, 5.41) is 2.95. The fraction of sp³-hybridized carbons (Fsp3) is 0.372. The molecule has 1 amide bonds. The summed E-state index contributed by atoms with van der Waals surface area (Å²) in [6, 6.07) is 20.8. The molecular weight excluding hydrogens is 704 g/mol. The SMILES string of the molecule is COC(=O)C[C@@H](CC(=O)C=Cc1c(-c2ccc(F)cc2)c(-c2ccccc2)c(C(=O)NCc2ccc(OC)c(OC)c2)n1C(C)C)O[Si](C)(C)C(C)(C)C. The molecule has 1 N–H and O–H groups in total. The Morgan fingerprint density at radius 2 is 1.48 bits per heavy atom. The number of hydrogen-bond acceptors (Lipinski definition) is 7. The number of ketones is 1. The summed E-state index contributed by atoms with van der Waals surface area (Å²) in [5.74, 6) is -0.344. The van der Waals surface area contributed by atoms with Gasteiger partial charge in [-0.15, -0.1) is 0 Å². The van der Waals surface area contributed by atoms with Crippen LogP contribution < -0.4 is 14.8 Å². The van der Waals surface area contributed by atoms with Gasteiger partial charge in [-0.2, -0.15) is 0 Å². The zero-order chi connectivity index (χ0) is 39.8. The molecule has 0 bridgehead atoms. The van der Waals surface area contributed by atoms with Crippen molar-refractivity contribution >= 4 is 32.1 Å². The molecule has 0 saturated carbocycles. The molecule has 11 heteroatoms. The normalized spacial score (nSPS) is 12.5. The van der Waals surface area contributed by atoms with Crippen molar-refractivity contribution in [3.05, 3.63) is 102 Å². The first-order chi connectivity index (χ1) is 25.5. The number of rotatable bonds is 16. The number of carbonyl (C=O) groups is 3. The molecule has 1 heterocycles. The Balaban J connectivity index is 1.87. The van der Waals surface area contributed by atoms with Gasteiger partial charge in [0.05, 0.1) is 39.5 Å². The number of carbonyl (C=O) groups excluding carboxylic acids is 3. The van der Waals surface area contributed by atoms with Gasteiger partial charge in [0.1, 0.15) is 11.5 Å². The number of allylic oxidation sites excluding steroid dienone is 1. The van der Waals surface area contributed by atoms with Crippen molar-refractivity contribution in [2.45, 2.75) is 84.3 Å². The second-order valence-electron chi connectivity index (χ2n) is 15.0. The molecule has 0 fully saturated rings. The Labute approximate surface area is 319 Å². The second-order valence-corrected chi connectivity index (χ2v) is 19.7. The lowest BCUT2D eigenvalue weighted by atomic mass is 9.94. The molecule has 0 aliphatic carbocycles. The van der Waals surface area contributed by atoms with Crippen LogP contribution in [-0.2, 0) is 25.3 Å². The van der Waals surface area contributed by atoms with Crippen molar-refractivity contribution in [1.29, 1.82) is 0 Å². The summed E-state index contributed by atoms with van der Waals surface area (Å²) < 4.78 is 38.6. The molecule has 4 aromatic rings. The first kappa shape index (κ1) is 41.7. The van der Waals surface area contributed by atoms with E-state index in [0.717, 1.165) is 11.1 Å². The fourth-order valence-corrected chi connectivity index (χ4v) is 7.42. The molecule has 0 spiro atoms. The number of benzene rings is 3. The molecule has 9 nitrogen and oxygen atoms in total. The highest BCUT2D eigenvalue weighted by molar-refractivity contribution is 6.74. The van der Waals surface area contributed by atoms with E-state index >= 15 is 0 Å². The topological polar surface area (TPSA) is 105 Å². The fourth-order valence-electron chi connectivity index (χ4n) is 6.06. The van der Waals surface area contributed by atoms with Gasteiger partial charge >= 0.3 is 5.97 Å². The van der Waals surface area contributed by atoms with E-state index in [9.17, 15) is 18.8 Å². The molecule has 0 aliphatic heterocycles. The van der Waals surface area contributed by atoms with E-state index in [2.05, 4.69) is 39.2 Å². The van der Waals surface area contributed by atoms with Gasteiger partial charge in [-0.25, -0.2) is 4.39 Å². The zero-order valence-electron chi connectivity index (χ0n) is 33.0. The molecule has 288 valence electrons. The third-order valence-corrected chi connectivity index (χ3v) is 14.4. The van der Waals surface area contributed by atoms with E-state index in [1.165, 1.54) is 25.3 Å². The Morgan fingerprint density at radius 1 is 0.852 bits per heavy atom. The van der Waals surface area contributed by atoms with Crippen LogP contribution in [0.15, 0.2) is 78.9 Å². The lowest BCUT2D eigenvalue weighted by molar-refractivity contribution is -0.142. The summed E-state index contributed by atoms with van der Waals surface area (Å²) in [6.07, 6.45) is 2.40. The summed E-state index contributed by atoms with van der Waals surface area (Å²) in [4.78, 5) is 40.7. The van der Waals surface area contributed by atoms with Gasteiger partial charge in [0, 0.05) is 30.1 Å². The number of amides is 1. The molecular formula is C43H53FN2O7Si. The standard InChI is InChI=1S/C43H53FN2O7Si/c1-28(2)46-35(22-21-33(47)25-34(26-38(48)52-8)53-54(9,10)43(3,4)5)39(31-17-19-32(44)20-18-31)40(30-14-12-11-13-15-30)41(46)42(49)45-27-29-16-23-36(50-6)37(24-29)51-7/h11-24,28,34H,25-27H2,1-10H3,(H,45,49)/t34-/m1/s1. The van der Waals surface area contributed by atoms with Crippen LogP contribution in [0.25, 0.3) is 28.3 Å². The van der Waals surface area contributed by atoms with E-state index in [4.69, 9.17) is 18.6 Å². The number of aromatic nitrogens is 1. The number of methoxy groups -OCH3 is 3. The van der Waals surface area contributed by atoms with Crippen LogP contribution >= 0.6 is 0 Å². The van der Waals surface area contributed by atoms with E-state index in [1.807, 2.05) is 60.9 Å². The first-order valence-electron chi connectivity index (χ1n) is 18.0. The lowest BCUT2D eigenvalue weighted by Gasteiger charge is -2.39. The molecule has 0 aliphatic rings. The number of nitrogens with one attached hydrogen (secondary N) is 1. The molecule has 0 radical (unpaired) electrons. The van der Waals surface area contributed by atoms with Crippen LogP contribution in [0.1, 0.15) is 75.2 Å².